The topological polar surface area (TPSA) is 53.6 Å². The SMILES string of the molecule is CCCNC(=O)C1CN(CC2CCCNC2)c2ccccc2O1. The van der Waals surface area contributed by atoms with Crippen molar-refractivity contribution < 1.29 is 9.53 Å². The second-order valence-electron chi connectivity index (χ2n) is 6.48. The third-order valence-corrected chi connectivity index (χ3v) is 4.58. The van der Waals surface area contributed by atoms with E-state index < -0.39 is 6.10 Å². The molecule has 1 amide bonds. The zero-order chi connectivity index (χ0) is 16.1. The summed E-state index contributed by atoms with van der Waals surface area (Å²) in [6.07, 6.45) is 3.00. The number of hydrogen-bond donors (Lipinski definition) is 2. The van der Waals surface area contributed by atoms with Crippen LogP contribution in [0.2, 0.25) is 0 Å². The number of amides is 1. The molecule has 1 aromatic rings. The highest BCUT2D eigenvalue weighted by atomic mass is 16.5. The van der Waals surface area contributed by atoms with E-state index in [9.17, 15) is 4.79 Å². The summed E-state index contributed by atoms with van der Waals surface area (Å²) in [6, 6.07) is 8.05. The molecule has 3 rings (SSSR count). The van der Waals surface area contributed by atoms with Crippen LogP contribution < -0.4 is 20.3 Å². The molecule has 23 heavy (non-hydrogen) atoms. The van der Waals surface area contributed by atoms with Crippen LogP contribution >= 0.6 is 0 Å². The van der Waals surface area contributed by atoms with Gasteiger partial charge in [0.05, 0.1) is 12.2 Å². The normalized spacial score (nSPS) is 23.8. The molecule has 5 nitrogen and oxygen atoms in total. The Bertz CT molecular complexity index is 529. The highest BCUT2D eigenvalue weighted by molar-refractivity contribution is 5.83. The molecule has 2 atom stereocenters. The van der Waals surface area contributed by atoms with E-state index in [1.54, 1.807) is 0 Å². The number of nitrogens with one attached hydrogen (secondary N) is 2. The number of carbonyl (C=O) groups is 1. The van der Waals surface area contributed by atoms with E-state index in [1.165, 1.54) is 12.8 Å². The Morgan fingerprint density at radius 3 is 3.09 bits per heavy atom. The standard InChI is InChI=1S/C18H27N3O2/c1-2-9-20-18(22)17-13-21(12-14-6-5-10-19-11-14)15-7-3-4-8-16(15)23-17/h3-4,7-8,14,17,19H,2,5-6,9-13H2,1H3,(H,20,22). The number of ether oxygens (including phenoxy) is 1. The first kappa shape index (κ1) is 16.1. The van der Waals surface area contributed by atoms with E-state index in [2.05, 4.69) is 28.5 Å². The summed E-state index contributed by atoms with van der Waals surface area (Å²) >= 11 is 0. The van der Waals surface area contributed by atoms with Gasteiger partial charge >= 0.3 is 0 Å². The summed E-state index contributed by atoms with van der Waals surface area (Å²) in [5.41, 5.74) is 1.11. The van der Waals surface area contributed by atoms with Crippen molar-refractivity contribution in [2.45, 2.75) is 32.3 Å². The summed E-state index contributed by atoms with van der Waals surface area (Å²) in [6.45, 7) is 6.55. The molecule has 2 unspecified atom stereocenters. The van der Waals surface area contributed by atoms with Gasteiger partial charge in [-0.15, -0.1) is 0 Å². The van der Waals surface area contributed by atoms with Gasteiger partial charge in [0.25, 0.3) is 5.91 Å². The molecule has 0 saturated carbocycles. The van der Waals surface area contributed by atoms with Gasteiger partial charge in [0.1, 0.15) is 5.75 Å². The van der Waals surface area contributed by atoms with Gasteiger partial charge < -0.3 is 20.3 Å². The molecule has 0 spiro atoms. The van der Waals surface area contributed by atoms with E-state index in [0.717, 1.165) is 37.5 Å². The van der Waals surface area contributed by atoms with Crippen LogP contribution in [0.1, 0.15) is 26.2 Å². The van der Waals surface area contributed by atoms with Crippen LogP contribution in [0.5, 0.6) is 5.75 Å². The van der Waals surface area contributed by atoms with E-state index in [-0.39, 0.29) is 5.91 Å². The van der Waals surface area contributed by atoms with Crippen molar-refractivity contribution >= 4 is 11.6 Å². The van der Waals surface area contributed by atoms with E-state index >= 15 is 0 Å². The maximum Gasteiger partial charge on any atom is 0.262 e. The number of carbonyl (C=O) groups excluding carboxylic acids is 1. The van der Waals surface area contributed by atoms with Gasteiger partial charge in [-0.05, 0) is 50.4 Å². The van der Waals surface area contributed by atoms with Crippen molar-refractivity contribution in [2.24, 2.45) is 5.92 Å². The van der Waals surface area contributed by atoms with Crippen LogP contribution in [0, 0.1) is 5.92 Å². The molecule has 1 aromatic carbocycles. The predicted molar refractivity (Wildman–Crippen MR) is 92.0 cm³/mol. The van der Waals surface area contributed by atoms with Crippen molar-refractivity contribution in [3.05, 3.63) is 24.3 Å². The summed E-state index contributed by atoms with van der Waals surface area (Å²) < 4.78 is 5.94. The number of nitrogens with zero attached hydrogens (tertiary/aromatic N) is 1. The van der Waals surface area contributed by atoms with E-state index in [4.69, 9.17) is 4.74 Å². The Hall–Kier alpha value is -1.75. The lowest BCUT2D eigenvalue weighted by molar-refractivity contribution is -0.127. The fourth-order valence-electron chi connectivity index (χ4n) is 3.37. The minimum absolute atomic E-state index is 0.00637. The Morgan fingerprint density at radius 2 is 2.30 bits per heavy atom. The van der Waals surface area contributed by atoms with Crippen LogP contribution in [0.15, 0.2) is 24.3 Å². The van der Waals surface area contributed by atoms with Gasteiger partial charge in [-0.3, -0.25) is 4.79 Å². The lowest BCUT2D eigenvalue weighted by atomic mass is 9.98. The molecule has 2 aliphatic heterocycles. The first-order valence-corrected chi connectivity index (χ1v) is 8.77. The largest absolute Gasteiger partial charge is 0.477 e. The zero-order valence-electron chi connectivity index (χ0n) is 13.9. The molecule has 2 heterocycles. The molecular weight excluding hydrogens is 290 g/mol. The van der Waals surface area contributed by atoms with Gasteiger partial charge in [0.15, 0.2) is 6.10 Å². The van der Waals surface area contributed by atoms with Crippen LogP contribution in [0.25, 0.3) is 0 Å². The number of piperidine rings is 1. The number of fused-ring (bicyclic) bond motifs is 1. The van der Waals surface area contributed by atoms with Crippen molar-refractivity contribution in [1.29, 1.82) is 0 Å². The molecule has 0 aromatic heterocycles. The predicted octanol–water partition coefficient (Wildman–Crippen LogP) is 1.78. The number of hydrogen-bond acceptors (Lipinski definition) is 4. The summed E-state index contributed by atoms with van der Waals surface area (Å²) in [7, 11) is 0. The Kier molecular flexibility index (Phi) is 5.39. The average molecular weight is 317 g/mol. The molecular formula is C18H27N3O2. The monoisotopic (exact) mass is 317 g/mol. The fraction of sp³-hybridized carbons (Fsp3) is 0.611. The smallest absolute Gasteiger partial charge is 0.262 e. The van der Waals surface area contributed by atoms with Gasteiger partial charge in [0, 0.05) is 13.1 Å². The van der Waals surface area contributed by atoms with Crippen LogP contribution in [-0.4, -0.2) is 44.7 Å². The molecule has 5 heteroatoms. The van der Waals surface area contributed by atoms with Crippen molar-refractivity contribution in [3.8, 4) is 5.75 Å². The molecule has 1 fully saturated rings. The highest BCUT2D eigenvalue weighted by Crippen LogP contribution is 2.34. The lowest BCUT2D eigenvalue weighted by Gasteiger charge is -2.38. The minimum atomic E-state index is -0.423. The van der Waals surface area contributed by atoms with Crippen molar-refractivity contribution in [3.63, 3.8) is 0 Å². The second kappa shape index (κ2) is 7.68. The summed E-state index contributed by atoms with van der Waals surface area (Å²) in [4.78, 5) is 14.7. The third-order valence-electron chi connectivity index (χ3n) is 4.58. The molecule has 2 aliphatic rings. The van der Waals surface area contributed by atoms with Crippen molar-refractivity contribution in [1.82, 2.24) is 10.6 Å². The maximum absolute atomic E-state index is 12.3. The molecule has 126 valence electrons. The van der Waals surface area contributed by atoms with Crippen LogP contribution in [0.3, 0.4) is 0 Å². The maximum atomic E-state index is 12.3. The molecule has 1 saturated heterocycles. The fourth-order valence-corrected chi connectivity index (χ4v) is 3.37. The van der Waals surface area contributed by atoms with E-state index in [0.29, 0.717) is 19.0 Å². The first-order chi connectivity index (χ1) is 11.3. The zero-order valence-corrected chi connectivity index (χ0v) is 13.9. The molecule has 0 aliphatic carbocycles. The number of para-hydroxylation sites is 2. The van der Waals surface area contributed by atoms with Crippen LogP contribution in [-0.2, 0) is 4.79 Å². The average Bonchev–Trinajstić information content (AvgIpc) is 2.60. The quantitative estimate of drug-likeness (QED) is 0.869. The van der Waals surface area contributed by atoms with E-state index in [1.807, 2.05) is 18.2 Å². The summed E-state index contributed by atoms with van der Waals surface area (Å²) in [5, 5.41) is 6.43. The lowest BCUT2D eigenvalue weighted by Crippen LogP contribution is -2.51. The Morgan fingerprint density at radius 1 is 1.43 bits per heavy atom. The molecule has 2 N–H and O–H groups in total. The van der Waals surface area contributed by atoms with Crippen molar-refractivity contribution in [2.75, 3.05) is 37.6 Å². The van der Waals surface area contributed by atoms with Gasteiger partial charge in [-0.25, -0.2) is 0 Å². The van der Waals surface area contributed by atoms with Gasteiger partial charge in [-0.2, -0.15) is 0 Å². The third kappa shape index (κ3) is 3.96. The summed E-state index contributed by atoms with van der Waals surface area (Å²) in [5.74, 6) is 1.45. The second-order valence-corrected chi connectivity index (χ2v) is 6.48. The van der Waals surface area contributed by atoms with Crippen LogP contribution in [0.4, 0.5) is 5.69 Å². The number of rotatable bonds is 5. The molecule has 0 bridgehead atoms. The molecule has 0 radical (unpaired) electrons. The van der Waals surface area contributed by atoms with Gasteiger partial charge in [-0.1, -0.05) is 19.1 Å². The number of anilines is 1. The van der Waals surface area contributed by atoms with Gasteiger partial charge in [0.2, 0.25) is 0 Å². The first-order valence-electron chi connectivity index (χ1n) is 8.77. The highest BCUT2D eigenvalue weighted by Gasteiger charge is 2.31. The number of benzene rings is 1. The Labute approximate surface area is 138 Å². The minimum Gasteiger partial charge on any atom is -0.477 e. The Balaban J connectivity index is 1.72.